The van der Waals surface area contributed by atoms with E-state index < -0.39 is 17.8 Å². The summed E-state index contributed by atoms with van der Waals surface area (Å²) < 4.78 is 6.12. The second-order valence-electron chi connectivity index (χ2n) is 6.15. The molecule has 0 saturated carbocycles. The molecule has 0 bridgehead atoms. The van der Waals surface area contributed by atoms with Gasteiger partial charge in [-0.3, -0.25) is 14.9 Å². The van der Waals surface area contributed by atoms with Crippen molar-refractivity contribution in [1.82, 2.24) is 5.32 Å². The first-order chi connectivity index (χ1) is 12.8. The van der Waals surface area contributed by atoms with E-state index in [0.717, 1.165) is 19.6 Å². The predicted molar refractivity (Wildman–Crippen MR) is 111 cm³/mol. The van der Waals surface area contributed by atoms with E-state index >= 15 is 0 Å². The van der Waals surface area contributed by atoms with Gasteiger partial charge in [0.15, 0.2) is 0 Å². The molecule has 1 N–H and O–H groups in total. The quantitative estimate of drug-likeness (QED) is 0.418. The van der Waals surface area contributed by atoms with E-state index in [9.17, 15) is 14.4 Å². The van der Waals surface area contributed by atoms with Crippen LogP contribution in [0.2, 0.25) is 0 Å². The second-order valence-corrected chi connectivity index (χ2v) is 7.40. The van der Waals surface area contributed by atoms with E-state index in [0.29, 0.717) is 17.0 Å². The highest BCUT2D eigenvalue weighted by molar-refractivity contribution is 14.1. The van der Waals surface area contributed by atoms with Gasteiger partial charge in [-0.2, -0.15) is 0 Å². The fourth-order valence-corrected chi connectivity index (χ4v) is 3.38. The van der Waals surface area contributed by atoms with Crippen LogP contribution in [-0.4, -0.2) is 25.0 Å². The SMILES string of the molecule is COc1cc(I)cc(/C=C2\C(=O)NC(=O)N(c3ccc(C)c(C)c3)C2=O)c1. The maximum Gasteiger partial charge on any atom is 0.335 e. The van der Waals surface area contributed by atoms with Crippen LogP contribution in [0.4, 0.5) is 10.5 Å². The number of urea groups is 1. The van der Waals surface area contributed by atoms with Crippen LogP contribution in [-0.2, 0) is 9.59 Å². The van der Waals surface area contributed by atoms with Crippen molar-refractivity contribution < 1.29 is 19.1 Å². The van der Waals surface area contributed by atoms with E-state index in [1.807, 2.05) is 32.0 Å². The fourth-order valence-electron chi connectivity index (χ4n) is 2.71. The second kappa shape index (κ2) is 7.51. The molecule has 0 unspecified atom stereocenters. The Bertz CT molecular complexity index is 997. The number of methoxy groups -OCH3 is 1. The number of nitrogens with one attached hydrogen (secondary N) is 1. The highest BCUT2D eigenvalue weighted by Crippen LogP contribution is 2.25. The minimum atomic E-state index is -0.759. The molecule has 0 aromatic heterocycles. The van der Waals surface area contributed by atoms with E-state index in [1.54, 1.807) is 25.3 Å². The third-order valence-electron chi connectivity index (χ3n) is 4.29. The van der Waals surface area contributed by atoms with Gasteiger partial charge in [-0.1, -0.05) is 6.07 Å². The van der Waals surface area contributed by atoms with Crippen molar-refractivity contribution in [3.8, 4) is 5.75 Å². The maximum atomic E-state index is 12.9. The molecule has 2 aromatic rings. The molecule has 1 fully saturated rings. The lowest BCUT2D eigenvalue weighted by Gasteiger charge is -2.26. The molecule has 6 nitrogen and oxygen atoms in total. The van der Waals surface area contributed by atoms with Crippen molar-refractivity contribution >= 4 is 52.2 Å². The van der Waals surface area contributed by atoms with Crippen LogP contribution in [0.1, 0.15) is 16.7 Å². The summed E-state index contributed by atoms with van der Waals surface area (Å²) in [6.45, 7) is 3.84. The van der Waals surface area contributed by atoms with E-state index in [2.05, 4.69) is 27.9 Å². The Morgan fingerprint density at radius 1 is 1.04 bits per heavy atom. The van der Waals surface area contributed by atoms with Crippen LogP contribution in [0.15, 0.2) is 42.0 Å². The number of rotatable bonds is 3. The van der Waals surface area contributed by atoms with Gasteiger partial charge < -0.3 is 4.74 Å². The first-order valence-corrected chi connectivity index (χ1v) is 9.21. The molecule has 1 aliphatic rings. The van der Waals surface area contributed by atoms with Crippen molar-refractivity contribution in [3.63, 3.8) is 0 Å². The lowest BCUT2D eigenvalue weighted by molar-refractivity contribution is -0.122. The molecule has 0 radical (unpaired) electrons. The molecule has 1 heterocycles. The maximum absolute atomic E-state index is 12.9. The number of hydrogen-bond donors (Lipinski definition) is 1. The van der Waals surface area contributed by atoms with Gasteiger partial charge in [-0.15, -0.1) is 0 Å². The number of carbonyl (C=O) groups excluding carboxylic acids is 3. The van der Waals surface area contributed by atoms with Gasteiger partial charge in [0.25, 0.3) is 11.8 Å². The smallest absolute Gasteiger partial charge is 0.335 e. The lowest BCUT2D eigenvalue weighted by atomic mass is 10.0. The molecule has 0 atom stereocenters. The Balaban J connectivity index is 2.04. The summed E-state index contributed by atoms with van der Waals surface area (Å²) in [6.07, 6.45) is 1.46. The number of anilines is 1. The summed E-state index contributed by atoms with van der Waals surface area (Å²) in [5.41, 5.74) is 2.92. The summed E-state index contributed by atoms with van der Waals surface area (Å²) in [4.78, 5) is 38.5. The van der Waals surface area contributed by atoms with Crippen molar-refractivity contribution in [2.45, 2.75) is 13.8 Å². The first-order valence-electron chi connectivity index (χ1n) is 8.13. The Morgan fingerprint density at radius 2 is 1.78 bits per heavy atom. The average molecular weight is 476 g/mol. The third-order valence-corrected chi connectivity index (χ3v) is 4.91. The molecular weight excluding hydrogens is 459 g/mol. The standard InChI is InChI=1S/C20H17IN2O4/c1-11-4-5-15(6-12(11)2)23-19(25)17(18(24)22-20(23)26)9-13-7-14(21)10-16(8-13)27-3/h4-10H,1-3H3,(H,22,24,26)/b17-9+. The van der Waals surface area contributed by atoms with Crippen LogP contribution in [0.5, 0.6) is 5.75 Å². The molecule has 0 spiro atoms. The lowest BCUT2D eigenvalue weighted by Crippen LogP contribution is -2.54. The van der Waals surface area contributed by atoms with Gasteiger partial charge in [0.05, 0.1) is 12.8 Å². The summed E-state index contributed by atoms with van der Waals surface area (Å²) in [5.74, 6) is -0.771. The molecule has 27 heavy (non-hydrogen) atoms. The highest BCUT2D eigenvalue weighted by Gasteiger charge is 2.36. The molecule has 138 valence electrons. The minimum Gasteiger partial charge on any atom is -0.497 e. The molecule has 1 saturated heterocycles. The van der Waals surface area contributed by atoms with E-state index in [1.165, 1.54) is 6.08 Å². The van der Waals surface area contributed by atoms with Gasteiger partial charge >= 0.3 is 6.03 Å². The zero-order valence-electron chi connectivity index (χ0n) is 15.0. The summed E-state index contributed by atoms with van der Waals surface area (Å²) >= 11 is 2.12. The monoisotopic (exact) mass is 476 g/mol. The highest BCUT2D eigenvalue weighted by atomic mass is 127. The minimum absolute atomic E-state index is 0.114. The first kappa shape index (κ1) is 19.1. The largest absolute Gasteiger partial charge is 0.497 e. The number of carbonyl (C=O) groups is 3. The fraction of sp³-hybridized carbons (Fsp3) is 0.150. The van der Waals surface area contributed by atoms with Crippen molar-refractivity contribution in [2.75, 3.05) is 12.0 Å². The van der Waals surface area contributed by atoms with Crippen LogP contribution >= 0.6 is 22.6 Å². The van der Waals surface area contributed by atoms with Gasteiger partial charge in [-0.05, 0) is 89.5 Å². The Morgan fingerprint density at radius 3 is 2.44 bits per heavy atom. The molecule has 4 amide bonds. The number of imide groups is 2. The number of aryl methyl sites for hydroxylation is 2. The third kappa shape index (κ3) is 3.87. The molecule has 2 aromatic carbocycles. The zero-order valence-corrected chi connectivity index (χ0v) is 17.2. The number of halogens is 1. The molecule has 0 aliphatic carbocycles. The van der Waals surface area contributed by atoms with Gasteiger partial charge in [0, 0.05) is 3.57 Å². The molecule has 1 aliphatic heterocycles. The summed E-state index contributed by atoms with van der Waals surface area (Å²) in [7, 11) is 1.54. The number of ether oxygens (including phenoxy) is 1. The van der Waals surface area contributed by atoms with Crippen LogP contribution in [0, 0.1) is 17.4 Å². The predicted octanol–water partition coefficient (Wildman–Crippen LogP) is 3.58. The van der Waals surface area contributed by atoms with Crippen LogP contribution in [0.3, 0.4) is 0 Å². The average Bonchev–Trinajstić information content (AvgIpc) is 2.61. The summed E-state index contributed by atoms with van der Waals surface area (Å²) in [5, 5.41) is 2.23. The van der Waals surface area contributed by atoms with Crippen molar-refractivity contribution in [1.29, 1.82) is 0 Å². The molecular formula is C20H17IN2O4. The van der Waals surface area contributed by atoms with E-state index in [-0.39, 0.29) is 5.57 Å². The van der Waals surface area contributed by atoms with Gasteiger partial charge in [-0.25, -0.2) is 9.69 Å². The number of nitrogens with zero attached hydrogens (tertiary/aromatic N) is 1. The Kier molecular flexibility index (Phi) is 5.31. The molecule has 3 rings (SSSR count). The topological polar surface area (TPSA) is 75.7 Å². The number of barbiturate groups is 1. The molecule has 7 heteroatoms. The van der Waals surface area contributed by atoms with E-state index in [4.69, 9.17) is 4.74 Å². The summed E-state index contributed by atoms with van der Waals surface area (Å²) in [6, 6.07) is 9.85. The van der Waals surface area contributed by atoms with Crippen LogP contribution in [0.25, 0.3) is 6.08 Å². The Hall–Kier alpha value is -2.68. The number of hydrogen-bond acceptors (Lipinski definition) is 4. The number of benzene rings is 2. The van der Waals surface area contributed by atoms with Gasteiger partial charge in [0.2, 0.25) is 0 Å². The van der Waals surface area contributed by atoms with Crippen molar-refractivity contribution in [3.05, 3.63) is 62.2 Å². The number of amides is 4. The van der Waals surface area contributed by atoms with Gasteiger partial charge in [0.1, 0.15) is 11.3 Å². The Labute approximate surface area is 170 Å². The van der Waals surface area contributed by atoms with Crippen molar-refractivity contribution in [2.24, 2.45) is 0 Å². The zero-order chi connectivity index (χ0) is 19.7. The normalized spacial score (nSPS) is 15.9. The van der Waals surface area contributed by atoms with Crippen LogP contribution < -0.4 is 15.0 Å².